The molecular formula is C13H13ClO. The van der Waals surface area contributed by atoms with Crippen LogP contribution < -0.4 is 0 Å². The van der Waals surface area contributed by atoms with Crippen molar-refractivity contribution in [3.05, 3.63) is 47.0 Å². The molecule has 78 valence electrons. The van der Waals surface area contributed by atoms with E-state index in [-0.39, 0.29) is 11.7 Å². The summed E-state index contributed by atoms with van der Waals surface area (Å²) in [5.74, 6) is 0.423. The van der Waals surface area contributed by atoms with E-state index in [1.54, 1.807) is 6.08 Å². The van der Waals surface area contributed by atoms with Crippen molar-refractivity contribution in [1.29, 1.82) is 0 Å². The van der Waals surface area contributed by atoms with Gasteiger partial charge in [0.1, 0.15) is 0 Å². The maximum absolute atomic E-state index is 11.6. The zero-order valence-corrected chi connectivity index (χ0v) is 9.20. The molecular weight excluding hydrogens is 208 g/mol. The maximum atomic E-state index is 11.6. The fraction of sp³-hybridized carbons (Fsp3) is 0.308. The summed E-state index contributed by atoms with van der Waals surface area (Å²) < 4.78 is 0. The van der Waals surface area contributed by atoms with Crippen LogP contribution in [0.25, 0.3) is 0 Å². The summed E-state index contributed by atoms with van der Waals surface area (Å²) in [6.07, 6.45) is 6.49. The van der Waals surface area contributed by atoms with Gasteiger partial charge in [-0.25, -0.2) is 0 Å². The summed E-state index contributed by atoms with van der Waals surface area (Å²) in [6, 6.07) is 7.74. The molecule has 1 nitrogen and oxygen atoms in total. The van der Waals surface area contributed by atoms with Crippen molar-refractivity contribution in [3.63, 3.8) is 0 Å². The van der Waals surface area contributed by atoms with E-state index < -0.39 is 0 Å². The minimum absolute atomic E-state index is 0.163. The molecule has 15 heavy (non-hydrogen) atoms. The van der Waals surface area contributed by atoms with Crippen molar-refractivity contribution in [3.8, 4) is 0 Å². The lowest BCUT2D eigenvalue weighted by molar-refractivity contribution is -0.118. The number of rotatable bonds is 2. The Hall–Kier alpha value is -1.08. The Morgan fingerprint density at radius 3 is 2.67 bits per heavy atom. The first-order chi connectivity index (χ1) is 7.25. The first-order valence-electron chi connectivity index (χ1n) is 5.20. The Morgan fingerprint density at radius 1 is 1.27 bits per heavy atom. The topological polar surface area (TPSA) is 17.1 Å². The van der Waals surface area contributed by atoms with Gasteiger partial charge in [0.2, 0.25) is 0 Å². The Kier molecular flexibility index (Phi) is 3.22. The minimum atomic E-state index is 0.163. The molecule has 0 saturated heterocycles. The highest BCUT2D eigenvalue weighted by atomic mass is 35.5. The number of carbonyl (C=O) groups excluding carboxylic acids is 1. The predicted octanol–water partition coefficient (Wildman–Crippen LogP) is 3.42. The van der Waals surface area contributed by atoms with Crippen LogP contribution in [0.3, 0.4) is 0 Å². The first-order valence-corrected chi connectivity index (χ1v) is 5.58. The summed E-state index contributed by atoms with van der Waals surface area (Å²) in [6.45, 7) is 0. The molecule has 2 heteroatoms. The normalized spacial score (nSPS) is 20.6. The summed E-state index contributed by atoms with van der Waals surface area (Å²) in [5, 5.41) is 0.744. The van der Waals surface area contributed by atoms with Gasteiger partial charge in [0.05, 0.1) is 0 Å². The van der Waals surface area contributed by atoms with Crippen LogP contribution in [0.4, 0.5) is 0 Å². The average molecular weight is 221 g/mol. The summed E-state index contributed by atoms with van der Waals surface area (Å²) >= 11 is 5.80. The van der Waals surface area contributed by atoms with E-state index in [2.05, 4.69) is 0 Å². The third-order valence-corrected chi connectivity index (χ3v) is 3.01. The highest BCUT2D eigenvalue weighted by Crippen LogP contribution is 2.20. The first kappa shape index (κ1) is 10.4. The average Bonchev–Trinajstić information content (AvgIpc) is 2.25. The van der Waals surface area contributed by atoms with Crippen molar-refractivity contribution in [2.24, 2.45) is 5.92 Å². The van der Waals surface area contributed by atoms with Gasteiger partial charge in [-0.2, -0.15) is 0 Å². The van der Waals surface area contributed by atoms with Gasteiger partial charge in [-0.3, -0.25) is 4.79 Å². The highest BCUT2D eigenvalue weighted by Gasteiger charge is 2.18. The van der Waals surface area contributed by atoms with Crippen LogP contribution in [0.5, 0.6) is 0 Å². The van der Waals surface area contributed by atoms with Gasteiger partial charge < -0.3 is 0 Å². The number of hydrogen-bond acceptors (Lipinski definition) is 1. The molecule has 1 aliphatic rings. The molecule has 1 aromatic rings. The molecule has 0 bridgehead atoms. The van der Waals surface area contributed by atoms with Crippen LogP contribution in [0.1, 0.15) is 18.4 Å². The molecule has 0 heterocycles. The van der Waals surface area contributed by atoms with Crippen molar-refractivity contribution in [2.75, 3.05) is 0 Å². The van der Waals surface area contributed by atoms with Crippen molar-refractivity contribution in [1.82, 2.24) is 0 Å². The molecule has 0 N–H and O–H groups in total. The third-order valence-electron chi connectivity index (χ3n) is 2.76. The zero-order chi connectivity index (χ0) is 10.7. The van der Waals surface area contributed by atoms with Crippen molar-refractivity contribution in [2.45, 2.75) is 19.3 Å². The minimum Gasteiger partial charge on any atom is -0.295 e. The van der Waals surface area contributed by atoms with E-state index in [4.69, 9.17) is 11.6 Å². The number of carbonyl (C=O) groups is 1. The smallest absolute Gasteiger partial charge is 0.158 e. The highest BCUT2D eigenvalue weighted by molar-refractivity contribution is 6.30. The lowest BCUT2D eigenvalue weighted by Gasteiger charge is -2.16. The summed E-state index contributed by atoms with van der Waals surface area (Å²) in [5.41, 5.74) is 1.19. The van der Waals surface area contributed by atoms with E-state index in [1.807, 2.05) is 30.3 Å². The second kappa shape index (κ2) is 4.63. The maximum Gasteiger partial charge on any atom is 0.158 e. The molecule has 2 rings (SSSR count). The second-order valence-corrected chi connectivity index (χ2v) is 4.35. The van der Waals surface area contributed by atoms with Crippen LogP contribution in [0.2, 0.25) is 5.02 Å². The summed E-state index contributed by atoms with van der Waals surface area (Å²) in [4.78, 5) is 11.6. The second-order valence-electron chi connectivity index (χ2n) is 3.91. The van der Waals surface area contributed by atoms with Crippen LogP contribution in [0, 0.1) is 5.92 Å². The molecule has 1 aromatic carbocycles. The molecule has 0 fully saturated rings. The molecule has 0 amide bonds. The van der Waals surface area contributed by atoms with Gasteiger partial charge in [-0.05, 0) is 43.0 Å². The van der Waals surface area contributed by atoms with E-state index in [9.17, 15) is 4.79 Å². The number of allylic oxidation sites excluding steroid dienone is 2. The fourth-order valence-corrected chi connectivity index (χ4v) is 2.01. The van der Waals surface area contributed by atoms with E-state index in [0.717, 1.165) is 24.3 Å². The standard InChI is InChI=1S/C13H13ClO/c14-12-7-5-10(6-8-12)9-11-3-1-2-4-13(11)15/h2,4-8,11H,1,3,9H2. The monoisotopic (exact) mass is 220 g/mol. The molecule has 0 aromatic heterocycles. The van der Waals surface area contributed by atoms with E-state index >= 15 is 0 Å². The zero-order valence-electron chi connectivity index (χ0n) is 8.45. The number of ketones is 1. The molecule has 1 unspecified atom stereocenters. The van der Waals surface area contributed by atoms with E-state index in [1.165, 1.54) is 5.56 Å². The molecule has 0 aliphatic heterocycles. The molecule has 0 radical (unpaired) electrons. The van der Waals surface area contributed by atoms with Gasteiger partial charge in [0.25, 0.3) is 0 Å². The van der Waals surface area contributed by atoms with E-state index in [0.29, 0.717) is 0 Å². The van der Waals surface area contributed by atoms with Gasteiger partial charge in [-0.15, -0.1) is 0 Å². The van der Waals surface area contributed by atoms with Crippen LogP contribution in [0.15, 0.2) is 36.4 Å². The predicted molar refractivity (Wildman–Crippen MR) is 62.0 cm³/mol. The molecule has 0 spiro atoms. The lowest BCUT2D eigenvalue weighted by atomic mass is 9.87. The van der Waals surface area contributed by atoms with Crippen LogP contribution in [-0.4, -0.2) is 5.78 Å². The number of benzene rings is 1. The van der Waals surface area contributed by atoms with Gasteiger partial charge in [-0.1, -0.05) is 29.8 Å². The SMILES string of the molecule is O=C1C=CCCC1Cc1ccc(Cl)cc1. The van der Waals surface area contributed by atoms with Crippen molar-refractivity contribution >= 4 is 17.4 Å². The van der Waals surface area contributed by atoms with Crippen molar-refractivity contribution < 1.29 is 4.79 Å². The fourth-order valence-electron chi connectivity index (χ4n) is 1.88. The number of hydrogen-bond donors (Lipinski definition) is 0. The molecule has 0 saturated carbocycles. The Morgan fingerprint density at radius 2 is 2.00 bits per heavy atom. The summed E-state index contributed by atoms with van der Waals surface area (Å²) in [7, 11) is 0. The lowest BCUT2D eigenvalue weighted by Crippen LogP contribution is -2.17. The molecule has 1 aliphatic carbocycles. The number of halogens is 1. The van der Waals surface area contributed by atoms with Crippen LogP contribution in [-0.2, 0) is 11.2 Å². The van der Waals surface area contributed by atoms with Gasteiger partial charge >= 0.3 is 0 Å². The largest absolute Gasteiger partial charge is 0.295 e. The van der Waals surface area contributed by atoms with Gasteiger partial charge in [0.15, 0.2) is 5.78 Å². The quantitative estimate of drug-likeness (QED) is 0.747. The van der Waals surface area contributed by atoms with Gasteiger partial charge in [0, 0.05) is 10.9 Å². The third kappa shape index (κ3) is 2.69. The molecule has 1 atom stereocenters. The Labute approximate surface area is 94.8 Å². The van der Waals surface area contributed by atoms with Crippen LogP contribution >= 0.6 is 11.6 Å². The Balaban J connectivity index is 2.05. The Bertz CT molecular complexity index is 378.